The molecule has 2 fully saturated rings. The minimum absolute atomic E-state index is 0.303. The number of carbonyl (C=O) groups excluding carboxylic acids is 1. The average Bonchev–Trinajstić information content (AvgIpc) is 2.96. The molecule has 3 heteroatoms. The first kappa shape index (κ1) is 13.9. The molecule has 3 nitrogen and oxygen atoms in total. The highest BCUT2D eigenvalue weighted by atomic mass is 16.1. The fourth-order valence-electron chi connectivity index (χ4n) is 4.11. The Kier molecular flexibility index (Phi) is 3.72. The van der Waals surface area contributed by atoms with E-state index < -0.39 is 0 Å². The minimum atomic E-state index is 0.303. The van der Waals surface area contributed by atoms with Gasteiger partial charge in [-0.05, 0) is 51.6 Å². The van der Waals surface area contributed by atoms with E-state index >= 15 is 0 Å². The van der Waals surface area contributed by atoms with Crippen molar-refractivity contribution in [3.05, 3.63) is 23.0 Å². The number of likely N-dealkylation sites (tertiary alicyclic amines) is 1. The number of carbonyl (C=O) groups is 1. The van der Waals surface area contributed by atoms with Crippen LogP contribution >= 0.6 is 0 Å². The van der Waals surface area contributed by atoms with Crippen LogP contribution in [0.2, 0.25) is 0 Å². The van der Waals surface area contributed by atoms with E-state index in [1.165, 1.54) is 37.8 Å². The zero-order valence-electron chi connectivity index (χ0n) is 13.0. The highest BCUT2D eigenvalue weighted by Gasteiger charge is 2.36. The molecular formula is C17H26N2O. The van der Waals surface area contributed by atoms with Gasteiger partial charge in [-0.1, -0.05) is 12.8 Å². The topological polar surface area (TPSA) is 25.2 Å². The summed E-state index contributed by atoms with van der Waals surface area (Å²) in [6.07, 6.45) is 6.70. The highest BCUT2D eigenvalue weighted by Crippen LogP contribution is 2.36. The van der Waals surface area contributed by atoms with Crippen LogP contribution in [0.15, 0.2) is 6.07 Å². The standard InChI is InChI=1S/C17H26N2O/c1-12-10-15(13(2)18(12)3)17(20)11-19-9-8-14-6-4-5-7-16(14)19/h10,14,16H,4-9,11H2,1-3H3. The molecule has 2 unspecified atom stereocenters. The van der Waals surface area contributed by atoms with Crippen molar-refractivity contribution in [1.82, 2.24) is 9.47 Å². The fourth-order valence-corrected chi connectivity index (χ4v) is 4.11. The van der Waals surface area contributed by atoms with Gasteiger partial charge in [-0.15, -0.1) is 0 Å². The molecule has 3 rings (SSSR count). The van der Waals surface area contributed by atoms with Gasteiger partial charge in [0.15, 0.2) is 5.78 Å². The van der Waals surface area contributed by atoms with Gasteiger partial charge in [0, 0.05) is 30.0 Å². The van der Waals surface area contributed by atoms with Crippen LogP contribution in [0.25, 0.3) is 0 Å². The van der Waals surface area contributed by atoms with Gasteiger partial charge in [-0.25, -0.2) is 0 Å². The monoisotopic (exact) mass is 274 g/mol. The number of aryl methyl sites for hydroxylation is 1. The lowest BCUT2D eigenvalue weighted by molar-refractivity contribution is 0.0895. The number of aromatic nitrogens is 1. The van der Waals surface area contributed by atoms with E-state index in [1.54, 1.807) is 0 Å². The maximum atomic E-state index is 12.6. The van der Waals surface area contributed by atoms with Gasteiger partial charge in [0.05, 0.1) is 6.54 Å². The molecule has 0 spiro atoms. The largest absolute Gasteiger partial charge is 0.351 e. The zero-order chi connectivity index (χ0) is 14.3. The van der Waals surface area contributed by atoms with Crippen molar-refractivity contribution in [2.45, 2.75) is 52.0 Å². The molecule has 1 aliphatic heterocycles. The maximum absolute atomic E-state index is 12.6. The van der Waals surface area contributed by atoms with Crippen LogP contribution in [0, 0.1) is 19.8 Å². The summed E-state index contributed by atoms with van der Waals surface area (Å²) in [7, 11) is 2.04. The van der Waals surface area contributed by atoms with Crippen molar-refractivity contribution in [1.29, 1.82) is 0 Å². The fraction of sp³-hybridized carbons (Fsp3) is 0.706. The van der Waals surface area contributed by atoms with Crippen LogP contribution in [0.5, 0.6) is 0 Å². The summed E-state index contributed by atoms with van der Waals surface area (Å²) in [4.78, 5) is 15.1. The number of ketones is 1. The molecule has 1 saturated heterocycles. The zero-order valence-corrected chi connectivity index (χ0v) is 13.0. The van der Waals surface area contributed by atoms with Crippen LogP contribution in [-0.2, 0) is 7.05 Å². The Bertz CT molecular complexity index is 517. The van der Waals surface area contributed by atoms with E-state index in [0.717, 1.165) is 23.7 Å². The first-order valence-electron chi connectivity index (χ1n) is 7.98. The molecule has 1 aliphatic carbocycles. The first-order valence-corrected chi connectivity index (χ1v) is 7.98. The Morgan fingerprint density at radius 3 is 2.70 bits per heavy atom. The molecule has 1 aromatic rings. The first-order chi connectivity index (χ1) is 9.58. The summed E-state index contributed by atoms with van der Waals surface area (Å²) < 4.78 is 2.11. The molecule has 0 aromatic carbocycles. The molecule has 0 radical (unpaired) electrons. The van der Waals surface area contributed by atoms with Crippen molar-refractivity contribution in [3.63, 3.8) is 0 Å². The second kappa shape index (κ2) is 5.36. The Morgan fingerprint density at radius 2 is 2.00 bits per heavy atom. The number of nitrogens with zero attached hydrogens (tertiary/aromatic N) is 2. The summed E-state index contributed by atoms with van der Waals surface area (Å²) in [5.74, 6) is 1.16. The molecule has 0 amide bonds. The third kappa shape index (κ3) is 2.32. The van der Waals surface area contributed by atoms with Crippen LogP contribution in [0.3, 0.4) is 0 Å². The summed E-state index contributed by atoms with van der Waals surface area (Å²) in [6.45, 7) is 5.85. The number of Topliss-reactive ketones (excluding diaryl/α,β-unsaturated/α-hetero) is 1. The quantitative estimate of drug-likeness (QED) is 0.791. The normalized spacial score (nSPS) is 26.8. The van der Waals surface area contributed by atoms with Crippen molar-refractivity contribution >= 4 is 5.78 Å². The van der Waals surface area contributed by atoms with Gasteiger partial charge < -0.3 is 4.57 Å². The number of hydrogen-bond donors (Lipinski definition) is 0. The highest BCUT2D eigenvalue weighted by molar-refractivity contribution is 5.99. The molecule has 20 heavy (non-hydrogen) atoms. The van der Waals surface area contributed by atoms with Gasteiger partial charge in [0.1, 0.15) is 0 Å². The molecule has 2 atom stereocenters. The molecule has 1 aromatic heterocycles. The lowest BCUT2D eigenvalue weighted by Crippen LogP contribution is -2.38. The van der Waals surface area contributed by atoms with Gasteiger partial charge in [-0.2, -0.15) is 0 Å². The molecular weight excluding hydrogens is 248 g/mol. The maximum Gasteiger partial charge on any atom is 0.178 e. The summed E-state index contributed by atoms with van der Waals surface area (Å²) in [5, 5.41) is 0. The molecule has 2 aliphatic rings. The van der Waals surface area contributed by atoms with Crippen molar-refractivity contribution in [2.75, 3.05) is 13.1 Å². The number of hydrogen-bond acceptors (Lipinski definition) is 2. The SMILES string of the molecule is Cc1cc(C(=O)CN2CCC3CCCCC32)c(C)n1C. The Morgan fingerprint density at radius 1 is 1.25 bits per heavy atom. The second-order valence-electron chi connectivity index (χ2n) is 6.64. The smallest absolute Gasteiger partial charge is 0.178 e. The van der Waals surface area contributed by atoms with E-state index in [4.69, 9.17) is 0 Å². The van der Waals surface area contributed by atoms with Crippen molar-refractivity contribution in [3.8, 4) is 0 Å². The van der Waals surface area contributed by atoms with E-state index in [9.17, 15) is 4.79 Å². The Labute approximate surface area is 122 Å². The minimum Gasteiger partial charge on any atom is -0.351 e. The summed E-state index contributed by atoms with van der Waals surface area (Å²) in [6, 6.07) is 2.73. The van der Waals surface area contributed by atoms with Crippen LogP contribution in [0.4, 0.5) is 0 Å². The predicted molar refractivity (Wildman–Crippen MR) is 81.2 cm³/mol. The second-order valence-corrected chi connectivity index (χ2v) is 6.64. The van der Waals surface area contributed by atoms with Crippen LogP contribution in [-0.4, -0.2) is 34.4 Å². The van der Waals surface area contributed by atoms with Crippen molar-refractivity contribution < 1.29 is 4.79 Å². The van der Waals surface area contributed by atoms with E-state index in [0.29, 0.717) is 18.4 Å². The average molecular weight is 274 g/mol. The van der Waals surface area contributed by atoms with E-state index in [-0.39, 0.29) is 0 Å². The van der Waals surface area contributed by atoms with E-state index in [1.807, 2.05) is 20.0 Å². The Balaban J connectivity index is 1.71. The third-order valence-corrected chi connectivity index (χ3v) is 5.55. The van der Waals surface area contributed by atoms with Gasteiger partial charge in [0.25, 0.3) is 0 Å². The number of rotatable bonds is 3. The lowest BCUT2D eigenvalue weighted by Gasteiger charge is -2.31. The molecule has 0 N–H and O–H groups in total. The molecule has 110 valence electrons. The Hall–Kier alpha value is -1.09. The van der Waals surface area contributed by atoms with Gasteiger partial charge in [0.2, 0.25) is 0 Å². The van der Waals surface area contributed by atoms with Gasteiger partial charge >= 0.3 is 0 Å². The summed E-state index contributed by atoms with van der Waals surface area (Å²) in [5.41, 5.74) is 3.19. The van der Waals surface area contributed by atoms with Gasteiger partial charge in [-0.3, -0.25) is 9.69 Å². The molecule has 1 saturated carbocycles. The predicted octanol–water partition coefficient (Wildman–Crippen LogP) is 3.09. The van der Waals surface area contributed by atoms with Crippen LogP contribution < -0.4 is 0 Å². The summed E-state index contributed by atoms with van der Waals surface area (Å²) >= 11 is 0. The third-order valence-electron chi connectivity index (χ3n) is 5.55. The van der Waals surface area contributed by atoms with Crippen molar-refractivity contribution in [2.24, 2.45) is 13.0 Å². The van der Waals surface area contributed by atoms with Crippen LogP contribution in [0.1, 0.15) is 53.8 Å². The molecule has 2 heterocycles. The number of fused-ring (bicyclic) bond motifs is 1. The lowest BCUT2D eigenvalue weighted by atomic mass is 9.85. The van der Waals surface area contributed by atoms with E-state index in [2.05, 4.69) is 16.4 Å². The molecule has 0 bridgehead atoms.